The molecular formula is C25H26N8O2S2. The number of nitrogens with one attached hydrogen (secondary N) is 2. The van der Waals surface area contributed by atoms with Crippen molar-refractivity contribution in [2.24, 2.45) is 0 Å². The molecule has 0 spiro atoms. The molecule has 0 aromatic carbocycles. The number of hydrogen-bond donors (Lipinski definition) is 2. The molecule has 190 valence electrons. The van der Waals surface area contributed by atoms with Crippen molar-refractivity contribution in [2.45, 2.75) is 56.8 Å². The second-order valence-corrected chi connectivity index (χ2v) is 11.0. The molecule has 0 saturated heterocycles. The lowest BCUT2D eigenvalue weighted by Gasteiger charge is -2.15. The Kier molecular flexibility index (Phi) is 8.16. The zero-order valence-corrected chi connectivity index (χ0v) is 21.7. The molecule has 0 bridgehead atoms. The predicted molar refractivity (Wildman–Crippen MR) is 142 cm³/mol. The van der Waals surface area contributed by atoms with Gasteiger partial charge in [0.1, 0.15) is 10.0 Å². The van der Waals surface area contributed by atoms with Crippen molar-refractivity contribution in [1.29, 1.82) is 0 Å². The molecule has 2 amide bonds. The first-order chi connectivity index (χ1) is 18.1. The lowest BCUT2D eigenvalue weighted by Crippen LogP contribution is -2.14. The zero-order valence-electron chi connectivity index (χ0n) is 20.0. The van der Waals surface area contributed by atoms with Crippen LogP contribution in [0.5, 0.6) is 0 Å². The fraction of sp³-hybridized carbons (Fsp3) is 0.360. The second-order valence-electron chi connectivity index (χ2n) is 8.98. The van der Waals surface area contributed by atoms with Crippen LogP contribution in [0, 0.1) is 0 Å². The lowest BCUT2D eigenvalue weighted by molar-refractivity contribution is -0.116. The van der Waals surface area contributed by atoms with Gasteiger partial charge in [-0.1, -0.05) is 47.6 Å². The quantitative estimate of drug-likeness (QED) is 0.318. The van der Waals surface area contributed by atoms with Gasteiger partial charge < -0.3 is 10.6 Å². The number of carbonyl (C=O) groups is 2. The maximum atomic E-state index is 12.4. The van der Waals surface area contributed by atoms with Gasteiger partial charge >= 0.3 is 0 Å². The summed E-state index contributed by atoms with van der Waals surface area (Å²) in [6.45, 7) is 0. The van der Waals surface area contributed by atoms with Crippen LogP contribution in [-0.2, 0) is 22.4 Å². The third kappa shape index (κ3) is 6.98. The highest BCUT2D eigenvalue weighted by molar-refractivity contribution is 7.15. The fourth-order valence-electron chi connectivity index (χ4n) is 4.41. The van der Waals surface area contributed by atoms with Gasteiger partial charge in [-0.25, -0.2) is 0 Å². The summed E-state index contributed by atoms with van der Waals surface area (Å²) < 4.78 is 0. The highest BCUT2D eigenvalue weighted by Crippen LogP contribution is 2.42. The molecule has 4 aromatic heterocycles. The summed E-state index contributed by atoms with van der Waals surface area (Å²) in [5.41, 5.74) is 1.70. The minimum absolute atomic E-state index is 0.138. The van der Waals surface area contributed by atoms with Gasteiger partial charge in [-0.2, -0.15) is 0 Å². The number of hydrogen-bond acceptors (Lipinski definition) is 10. The number of pyridine rings is 2. The molecule has 1 fully saturated rings. The average molecular weight is 535 g/mol. The number of rotatable bonds is 8. The Labute approximate surface area is 222 Å². The minimum atomic E-state index is -0.138. The van der Waals surface area contributed by atoms with Crippen LogP contribution in [0.2, 0.25) is 0 Å². The molecule has 1 aliphatic carbocycles. The van der Waals surface area contributed by atoms with Crippen molar-refractivity contribution < 1.29 is 9.59 Å². The summed E-state index contributed by atoms with van der Waals surface area (Å²) in [5, 5.41) is 25.8. The molecule has 10 nitrogen and oxygen atoms in total. The van der Waals surface area contributed by atoms with E-state index in [4.69, 9.17) is 0 Å². The van der Waals surface area contributed by atoms with Gasteiger partial charge in [-0.05, 0) is 42.5 Å². The van der Waals surface area contributed by atoms with Crippen LogP contribution in [0.15, 0.2) is 49.1 Å². The monoisotopic (exact) mass is 534 g/mol. The largest absolute Gasteiger partial charge is 0.300 e. The van der Waals surface area contributed by atoms with Gasteiger partial charge in [0.05, 0.1) is 12.8 Å². The molecule has 0 radical (unpaired) electrons. The van der Waals surface area contributed by atoms with Crippen molar-refractivity contribution in [3.8, 4) is 0 Å². The summed E-state index contributed by atoms with van der Waals surface area (Å²) in [5.74, 6) is 0.200. The van der Waals surface area contributed by atoms with Crippen LogP contribution in [-0.4, -0.2) is 42.2 Å². The first-order valence-corrected chi connectivity index (χ1v) is 13.8. The molecule has 5 rings (SSSR count). The topological polar surface area (TPSA) is 136 Å². The number of carbonyl (C=O) groups excluding carboxylic acids is 2. The van der Waals surface area contributed by atoms with E-state index in [0.29, 0.717) is 10.3 Å². The Morgan fingerprint density at radius 3 is 1.68 bits per heavy atom. The summed E-state index contributed by atoms with van der Waals surface area (Å²) in [6, 6.07) is 7.36. The SMILES string of the molecule is O=C(Cc1cccnc1)Nc1nnc(C2CCCCC(c3nnc(NC(=O)Cc4cccnc4)s3)C2)s1. The highest BCUT2D eigenvalue weighted by atomic mass is 32.1. The maximum Gasteiger partial charge on any atom is 0.230 e. The van der Waals surface area contributed by atoms with Crippen molar-refractivity contribution in [3.63, 3.8) is 0 Å². The summed E-state index contributed by atoms with van der Waals surface area (Å²) >= 11 is 2.87. The molecule has 2 unspecified atom stereocenters. The Bertz CT molecular complexity index is 1230. The molecule has 37 heavy (non-hydrogen) atoms. The number of aromatic nitrogens is 6. The van der Waals surface area contributed by atoms with E-state index in [2.05, 4.69) is 41.0 Å². The van der Waals surface area contributed by atoms with E-state index in [-0.39, 0.29) is 36.5 Å². The van der Waals surface area contributed by atoms with Gasteiger partial charge in [0.25, 0.3) is 0 Å². The fourth-order valence-corrected chi connectivity index (χ4v) is 6.23. The normalized spacial score (nSPS) is 17.6. The molecule has 4 aromatic rings. The Hall–Kier alpha value is -3.64. The Morgan fingerprint density at radius 1 is 0.757 bits per heavy atom. The van der Waals surface area contributed by atoms with Crippen LogP contribution < -0.4 is 10.6 Å². The zero-order chi connectivity index (χ0) is 25.5. The molecule has 12 heteroatoms. The van der Waals surface area contributed by atoms with Crippen LogP contribution >= 0.6 is 22.7 Å². The Morgan fingerprint density at radius 2 is 1.24 bits per heavy atom. The minimum Gasteiger partial charge on any atom is -0.300 e. The van der Waals surface area contributed by atoms with Crippen molar-refractivity contribution >= 4 is 44.8 Å². The van der Waals surface area contributed by atoms with E-state index in [1.807, 2.05) is 24.3 Å². The van der Waals surface area contributed by atoms with Crippen LogP contribution in [0.4, 0.5) is 10.3 Å². The third-order valence-electron chi connectivity index (χ3n) is 6.17. The van der Waals surface area contributed by atoms with E-state index in [1.54, 1.807) is 24.8 Å². The maximum absolute atomic E-state index is 12.4. The lowest BCUT2D eigenvalue weighted by atomic mass is 9.94. The van der Waals surface area contributed by atoms with Gasteiger partial charge in [0, 0.05) is 36.6 Å². The molecule has 2 atom stereocenters. The van der Waals surface area contributed by atoms with Gasteiger partial charge in [-0.15, -0.1) is 20.4 Å². The van der Waals surface area contributed by atoms with E-state index in [9.17, 15) is 9.59 Å². The molecule has 2 N–H and O–H groups in total. The van der Waals surface area contributed by atoms with Crippen molar-refractivity contribution in [3.05, 3.63) is 70.2 Å². The van der Waals surface area contributed by atoms with Gasteiger partial charge in [-0.3, -0.25) is 19.6 Å². The average Bonchev–Trinajstić information content (AvgIpc) is 3.49. The van der Waals surface area contributed by atoms with E-state index < -0.39 is 0 Å². The van der Waals surface area contributed by atoms with E-state index in [1.165, 1.54) is 22.7 Å². The van der Waals surface area contributed by atoms with Crippen molar-refractivity contribution in [2.75, 3.05) is 10.6 Å². The molecule has 1 saturated carbocycles. The molecule has 1 aliphatic rings. The van der Waals surface area contributed by atoms with Gasteiger partial charge in [0.15, 0.2) is 0 Å². The van der Waals surface area contributed by atoms with Crippen LogP contribution in [0.25, 0.3) is 0 Å². The summed E-state index contributed by atoms with van der Waals surface area (Å²) in [4.78, 5) is 32.9. The first-order valence-electron chi connectivity index (χ1n) is 12.2. The number of nitrogens with zero attached hydrogens (tertiary/aromatic N) is 6. The Balaban J connectivity index is 1.18. The van der Waals surface area contributed by atoms with Crippen molar-refractivity contribution in [1.82, 2.24) is 30.4 Å². The van der Waals surface area contributed by atoms with E-state index >= 15 is 0 Å². The first kappa shape index (κ1) is 25.0. The predicted octanol–water partition coefficient (Wildman–Crippen LogP) is 4.37. The van der Waals surface area contributed by atoms with Gasteiger partial charge in [0.2, 0.25) is 22.1 Å². The van der Waals surface area contributed by atoms with Crippen LogP contribution in [0.1, 0.15) is 65.1 Å². The third-order valence-corrected chi connectivity index (χ3v) is 8.17. The summed E-state index contributed by atoms with van der Waals surface area (Å²) in [6.07, 6.45) is 12.3. The smallest absolute Gasteiger partial charge is 0.230 e. The molecule has 4 heterocycles. The molecular weight excluding hydrogens is 508 g/mol. The van der Waals surface area contributed by atoms with E-state index in [0.717, 1.165) is 53.2 Å². The molecule has 0 aliphatic heterocycles. The summed E-state index contributed by atoms with van der Waals surface area (Å²) in [7, 11) is 0. The standard InChI is InChI=1S/C25H26N8O2S2/c34-20(11-16-5-3-9-26-14-16)28-24-32-30-22(36-24)18-7-1-2-8-19(13-18)23-31-33-25(37-23)29-21(35)12-17-6-4-10-27-15-17/h3-6,9-10,14-15,18-19H,1-2,7-8,11-13H2,(H,28,32,34)(H,29,33,35). The number of amides is 2. The number of anilines is 2. The second kappa shape index (κ2) is 12.1. The highest BCUT2D eigenvalue weighted by Gasteiger charge is 2.28. The van der Waals surface area contributed by atoms with Crippen LogP contribution in [0.3, 0.4) is 0 Å².